The van der Waals surface area contributed by atoms with E-state index in [9.17, 15) is 9.59 Å². The lowest BCUT2D eigenvalue weighted by molar-refractivity contribution is -0.112. The predicted molar refractivity (Wildman–Crippen MR) is 158 cm³/mol. The highest BCUT2D eigenvalue weighted by molar-refractivity contribution is 6.47. The van der Waals surface area contributed by atoms with E-state index < -0.39 is 11.7 Å². The normalized spacial score (nSPS) is 15.1. The van der Waals surface area contributed by atoms with Crippen LogP contribution in [0.25, 0.3) is 11.1 Å². The number of hydrogen-bond donors (Lipinski definition) is 1. The Morgan fingerprint density at radius 3 is 2.27 bits per heavy atom. The Kier molecular flexibility index (Phi) is 7.07. The minimum absolute atomic E-state index is 0.471. The van der Waals surface area contributed by atoms with Crippen LogP contribution in [0.5, 0.6) is 0 Å². The molecule has 0 atom stereocenters. The Bertz CT molecular complexity index is 1520. The zero-order valence-electron chi connectivity index (χ0n) is 23.1. The zero-order chi connectivity index (χ0) is 27.6. The number of amides is 1. The minimum atomic E-state index is -0.646. The lowest BCUT2D eigenvalue weighted by atomic mass is 10.0. The molecule has 8 nitrogen and oxygen atoms in total. The molecular weight excluding hydrogens is 500 g/mol. The number of ketones is 1. The van der Waals surface area contributed by atoms with Crippen molar-refractivity contribution in [3.8, 4) is 11.1 Å². The van der Waals surface area contributed by atoms with Gasteiger partial charge in [0.05, 0.1) is 11.9 Å². The number of rotatable bonds is 6. The molecule has 40 heavy (non-hydrogen) atoms. The average Bonchev–Trinajstić information content (AvgIpc) is 3.37. The van der Waals surface area contributed by atoms with Crippen LogP contribution in [0.4, 0.5) is 17.3 Å². The summed E-state index contributed by atoms with van der Waals surface area (Å²) in [4.78, 5) is 40.5. The van der Waals surface area contributed by atoms with Crippen LogP contribution >= 0.6 is 0 Å². The molecule has 0 spiro atoms. The number of aromatic nitrogens is 3. The summed E-state index contributed by atoms with van der Waals surface area (Å²) in [5.74, 6) is 0.705. The number of nitrogens with zero attached hydrogens (tertiary/aromatic N) is 5. The van der Waals surface area contributed by atoms with Gasteiger partial charge in [-0.3, -0.25) is 9.59 Å². The zero-order valence-corrected chi connectivity index (χ0v) is 23.1. The summed E-state index contributed by atoms with van der Waals surface area (Å²) in [7, 11) is 0. The first-order valence-electron chi connectivity index (χ1n) is 14.0. The van der Waals surface area contributed by atoms with E-state index in [2.05, 4.69) is 45.2 Å². The minimum Gasteiger partial charge on any atom is -0.353 e. The number of nitrogens with one attached hydrogen (secondary N) is 1. The van der Waals surface area contributed by atoms with Gasteiger partial charge in [-0.05, 0) is 74.6 Å². The van der Waals surface area contributed by atoms with Crippen LogP contribution < -0.4 is 15.1 Å². The van der Waals surface area contributed by atoms with Crippen LogP contribution in [0, 0.1) is 13.8 Å². The second-order valence-electron chi connectivity index (χ2n) is 10.7. The molecule has 1 amide bonds. The third-order valence-electron chi connectivity index (χ3n) is 7.77. The molecule has 1 fully saturated rings. The summed E-state index contributed by atoms with van der Waals surface area (Å²) < 4.78 is 2.03. The molecule has 5 heterocycles. The molecule has 0 radical (unpaired) electrons. The number of benzene rings is 1. The molecule has 2 aliphatic rings. The topological polar surface area (TPSA) is 83.4 Å². The highest BCUT2D eigenvalue weighted by atomic mass is 16.2. The van der Waals surface area contributed by atoms with Crippen molar-refractivity contribution < 1.29 is 9.59 Å². The van der Waals surface area contributed by atoms with Crippen molar-refractivity contribution in [3.63, 3.8) is 0 Å². The number of fused-ring (bicyclic) bond motifs is 1. The maximum Gasteiger partial charge on any atom is 0.298 e. The van der Waals surface area contributed by atoms with Crippen LogP contribution in [-0.2, 0) is 17.8 Å². The number of aryl methyl sites for hydroxylation is 3. The van der Waals surface area contributed by atoms with Crippen LogP contribution in [0.15, 0.2) is 66.9 Å². The lowest BCUT2D eigenvalue weighted by Gasteiger charge is -2.36. The van der Waals surface area contributed by atoms with E-state index in [0.717, 1.165) is 86.1 Å². The Hall–Kier alpha value is -4.46. The number of carbonyl (C=O) groups excluding carboxylic acids is 2. The van der Waals surface area contributed by atoms with Gasteiger partial charge in [-0.2, -0.15) is 0 Å². The van der Waals surface area contributed by atoms with Gasteiger partial charge in [0.25, 0.3) is 11.7 Å². The first kappa shape index (κ1) is 25.8. The Labute approximate surface area is 234 Å². The van der Waals surface area contributed by atoms with Crippen LogP contribution in [0.1, 0.15) is 40.3 Å². The molecule has 2 aliphatic heterocycles. The Morgan fingerprint density at radius 1 is 0.825 bits per heavy atom. The summed E-state index contributed by atoms with van der Waals surface area (Å²) in [5, 5.41) is 2.79. The molecule has 1 saturated heterocycles. The number of carbonyl (C=O) groups is 2. The monoisotopic (exact) mass is 534 g/mol. The van der Waals surface area contributed by atoms with Crippen molar-refractivity contribution in [2.45, 2.75) is 39.7 Å². The van der Waals surface area contributed by atoms with Crippen molar-refractivity contribution in [3.05, 3.63) is 89.5 Å². The lowest BCUT2D eigenvalue weighted by Crippen LogP contribution is -2.47. The van der Waals surface area contributed by atoms with E-state index >= 15 is 0 Å². The summed E-state index contributed by atoms with van der Waals surface area (Å²) in [5.41, 5.74) is 6.10. The molecule has 4 aromatic rings. The Morgan fingerprint density at radius 2 is 1.57 bits per heavy atom. The van der Waals surface area contributed by atoms with Crippen molar-refractivity contribution in [1.82, 2.24) is 14.5 Å². The maximum absolute atomic E-state index is 13.5. The third kappa shape index (κ3) is 5.21. The van der Waals surface area contributed by atoms with Crippen molar-refractivity contribution in [1.29, 1.82) is 0 Å². The number of pyridine rings is 2. The second kappa shape index (κ2) is 11.0. The van der Waals surface area contributed by atoms with Gasteiger partial charge in [0.2, 0.25) is 0 Å². The summed E-state index contributed by atoms with van der Waals surface area (Å²) in [6.45, 7) is 8.24. The Balaban J connectivity index is 1.13. The van der Waals surface area contributed by atoms with Crippen molar-refractivity contribution in [2.24, 2.45) is 0 Å². The SMILES string of the molecule is Cc1cc(C)nc(N2CCN(c3ccc(NC(=O)C(=O)c4c(-c5ccccc5)cc5n4CCCC5)cn3)CC2)c1. The number of Topliss-reactive ketones (excluding diaryl/α,β-unsaturated/α-hetero) is 1. The summed E-state index contributed by atoms with van der Waals surface area (Å²) in [6, 6.07) is 19.8. The van der Waals surface area contributed by atoms with E-state index in [0.29, 0.717) is 11.4 Å². The molecule has 1 N–H and O–H groups in total. The highest BCUT2D eigenvalue weighted by Gasteiger charge is 2.28. The standard InChI is InChI=1S/C32H34N6O2/c1-22-18-23(2)34-29(19-22)37-16-14-36(15-17-37)28-12-11-25(21-33-28)35-32(40)31(39)30-27(24-8-4-3-5-9-24)20-26-10-6-7-13-38(26)30/h3-5,8-9,11-12,18-21H,6-7,10,13-17H2,1-2H3,(H,35,40). The smallest absolute Gasteiger partial charge is 0.298 e. The third-order valence-corrected chi connectivity index (χ3v) is 7.77. The molecule has 0 saturated carbocycles. The van der Waals surface area contributed by atoms with E-state index in [1.165, 1.54) is 5.56 Å². The van der Waals surface area contributed by atoms with Gasteiger partial charge >= 0.3 is 0 Å². The molecule has 0 unspecified atom stereocenters. The van der Waals surface area contributed by atoms with Crippen molar-refractivity contribution in [2.75, 3.05) is 41.3 Å². The van der Waals surface area contributed by atoms with Gasteiger partial charge in [-0.15, -0.1) is 0 Å². The molecule has 1 aromatic carbocycles. The average molecular weight is 535 g/mol. The molecule has 0 bridgehead atoms. The van der Waals surface area contributed by atoms with Gasteiger partial charge in [-0.25, -0.2) is 9.97 Å². The van der Waals surface area contributed by atoms with Gasteiger partial charge in [0.15, 0.2) is 0 Å². The molecule has 0 aliphatic carbocycles. The number of anilines is 3. The van der Waals surface area contributed by atoms with E-state index in [1.54, 1.807) is 6.20 Å². The fourth-order valence-corrected chi connectivity index (χ4v) is 5.81. The number of hydrogen-bond acceptors (Lipinski definition) is 6. The van der Waals surface area contributed by atoms with E-state index in [1.807, 2.05) is 54.0 Å². The predicted octanol–water partition coefficient (Wildman–Crippen LogP) is 5.05. The fraction of sp³-hybridized carbons (Fsp3) is 0.312. The van der Waals surface area contributed by atoms with Gasteiger partial charge in [0, 0.05) is 49.7 Å². The van der Waals surface area contributed by atoms with E-state index in [4.69, 9.17) is 4.98 Å². The van der Waals surface area contributed by atoms with Crippen molar-refractivity contribution >= 4 is 29.0 Å². The maximum atomic E-state index is 13.5. The van der Waals surface area contributed by atoms with Gasteiger partial charge in [-0.1, -0.05) is 30.3 Å². The van der Waals surface area contributed by atoms with Gasteiger partial charge in [0.1, 0.15) is 17.3 Å². The van der Waals surface area contributed by atoms with Crippen LogP contribution in [0.2, 0.25) is 0 Å². The van der Waals surface area contributed by atoms with Gasteiger partial charge < -0.3 is 19.7 Å². The van der Waals surface area contributed by atoms with Crippen LogP contribution in [-0.4, -0.2) is 52.4 Å². The van der Waals surface area contributed by atoms with Crippen LogP contribution in [0.3, 0.4) is 0 Å². The van der Waals surface area contributed by atoms with E-state index in [-0.39, 0.29) is 0 Å². The number of piperazine rings is 1. The molecule has 204 valence electrons. The highest BCUT2D eigenvalue weighted by Crippen LogP contribution is 2.31. The molecule has 8 heteroatoms. The second-order valence-corrected chi connectivity index (χ2v) is 10.7. The molecule has 3 aromatic heterocycles. The molecule has 6 rings (SSSR count). The largest absolute Gasteiger partial charge is 0.353 e. The summed E-state index contributed by atoms with van der Waals surface area (Å²) in [6.07, 6.45) is 4.63. The molecular formula is C32H34N6O2. The first-order valence-corrected chi connectivity index (χ1v) is 14.0. The quantitative estimate of drug-likeness (QED) is 0.276. The summed E-state index contributed by atoms with van der Waals surface area (Å²) >= 11 is 0. The fourth-order valence-electron chi connectivity index (χ4n) is 5.81. The first-order chi connectivity index (χ1) is 19.5.